The van der Waals surface area contributed by atoms with Crippen LogP contribution in [0.1, 0.15) is 5.56 Å². The predicted molar refractivity (Wildman–Crippen MR) is 542 cm³/mol. The maximum absolute atomic E-state index is 5.25. The maximum Gasteiger partial charge on any atom is 0.145 e. The molecule has 16 nitrogen and oxygen atoms in total. The average molecular weight is 1710 g/mol. The molecule has 16 heteroatoms. The molecular weight excluding hydrogens is 1630 g/mol. The topological polar surface area (TPSA) is 174 Å². The van der Waals surface area contributed by atoms with Crippen LogP contribution in [0.2, 0.25) is 0 Å². The molecule has 0 aliphatic carbocycles. The number of fused-ring (bicyclic) bond motifs is 25. The van der Waals surface area contributed by atoms with Crippen molar-refractivity contribution in [1.82, 2.24) is 78.1 Å². The van der Waals surface area contributed by atoms with E-state index in [0.717, 1.165) is 199 Å². The second-order valence-electron chi connectivity index (χ2n) is 32.9. The number of hydrogen-bond donors (Lipinski definition) is 0. The van der Waals surface area contributed by atoms with Crippen molar-refractivity contribution in [3.05, 3.63) is 450 Å². The summed E-state index contributed by atoms with van der Waals surface area (Å²) in [6.07, 6.45) is 30.1. The van der Waals surface area contributed by atoms with Crippen molar-refractivity contribution >= 4 is 141 Å². The molecule has 27 rings (SSSR count). The van der Waals surface area contributed by atoms with Crippen molar-refractivity contribution in [2.45, 2.75) is 6.92 Å². The minimum atomic E-state index is 0.910. The van der Waals surface area contributed by atoms with Gasteiger partial charge in [-0.25, -0.2) is 19.9 Å². The zero-order valence-corrected chi connectivity index (χ0v) is 71.8. The first kappa shape index (κ1) is 78.2. The van der Waals surface area contributed by atoms with E-state index in [9.17, 15) is 0 Å². The lowest BCUT2D eigenvalue weighted by Crippen LogP contribution is -1.98. The van der Waals surface area contributed by atoms with Gasteiger partial charge in [0.2, 0.25) is 0 Å². The van der Waals surface area contributed by atoms with Crippen LogP contribution in [0.25, 0.3) is 232 Å². The van der Waals surface area contributed by atoms with E-state index in [1.165, 1.54) is 38.6 Å². The highest BCUT2D eigenvalue weighted by atomic mass is 15.1. The molecule has 0 amide bonds. The average Bonchev–Trinajstić information content (AvgIpc) is 1.59. The van der Waals surface area contributed by atoms with E-state index >= 15 is 0 Å². The molecule has 12 heterocycles. The van der Waals surface area contributed by atoms with E-state index in [-0.39, 0.29) is 0 Å². The summed E-state index contributed by atoms with van der Waals surface area (Å²) >= 11 is 0. The summed E-state index contributed by atoms with van der Waals surface area (Å²) in [5.41, 5.74) is 22.8. The third-order valence-electron chi connectivity index (χ3n) is 25.1. The number of imidazole rings is 4. The van der Waals surface area contributed by atoms with Crippen LogP contribution < -0.4 is 0 Å². The Bertz CT molecular complexity index is 9130. The van der Waals surface area contributed by atoms with E-state index < -0.39 is 0 Å². The summed E-state index contributed by atoms with van der Waals surface area (Å²) in [5, 5.41) is 19.8. The van der Waals surface area contributed by atoms with Crippen LogP contribution in [0.3, 0.4) is 0 Å². The third kappa shape index (κ3) is 13.9. The van der Waals surface area contributed by atoms with Gasteiger partial charge in [0.15, 0.2) is 0 Å². The van der Waals surface area contributed by atoms with Gasteiger partial charge in [0.05, 0.1) is 44.1 Å². The molecule has 0 aliphatic rings. The first-order valence-electron chi connectivity index (χ1n) is 44.1. The van der Waals surface area contributed by atoms with Crippen molar-refractivity contribution in [2.75, 3.05) is 0 Å². The Labute approximate surface area is 762 Å². The minimum absolute atomic E-state index is 0.910. The number of hydrogen-bond acceptors (Lipinski definition) is 12. The molecule has 0 radical (unpaired) electrons. The van der Waals surface area contributed by atoms with Crippen molar-refractivity contribution in [3.8, 4) is 90.6 Å². The fourth-order valence-corrected chi connectivity index (χ4v) is 19.0. The lowest BCUT2D eigenvalue weighted by molar-refractivity contribution is 1.10. The zero-order chi connectivity index (χ0) is 88.2. The van der Waals surface area contributed by atoms with E-state index in [2.05, 4.69) is 368 Å². The molecule has 0 N–H and O–H groups in total. The van der Waals surface area contributed by atoms with Crippen molar-refractivity contribution in [2.24, 2.45) is 0 Å². The van der Waals surface area contributed by atoms with Crippen LogP contribution >= 0.6 is 0 Å². The van der Waals surface area contributed by atoms with Crippen LogP contribution in [0.15, 0.2) is 445 Å². The molecule has 0 atom stereocenters. The van der Waals surface area contributed by atoms with Gasteiger partial charge in [-0.15, -0.1) is 0 Å². The van der Waals surface area contributed by atoms with Crippen LogP contribution in [0.5, 0.6) is 0 Å². The smallest absolute Gasteiger partial charge is 0.145 e. The predicted octanol–water partition coefficient (Wildman–Crippen LogP) is 28.0. The molecule has 0 aliphatic heterocycles. The molecule has 0 saturated carbocycles. The van der Waals surface area contributed by atoms with Gasteiger partial charge in [-0.1, -0.05) is 254 Å². The number of pyridine rings is 8. The Morgan fingerprint density at radius 3 is 0.737 bits per heavy atom. The summed E-state index contributed by atoms with van der Waals surface area (Å²) in [6, 6.07) is 120. The van der Waals surface area contributed by atoms with Gasteiger partial charge in [-0.3, -0.25) is 58.1 Å². The second kappa shape index (κ2) is 33.5. The van der Waals surface area contributed by atoms with E-state index in [1.54, 1.807) is 0 Å². The normalized spacial score (nSPS) is 11.5. The molecule has 27 aromatic rings. The summed E-state index contributed by atoms with van der Waals surface area (Å²) in [7, 11) is 0. The zero-order valence-electron chi connectivity index (χ0n) is 71.8. The Balaban J connectivity index is 0.0000000978. The third-order valence-corrected chi connectivity index (χ3v) is 25.1. The molecule has 0 bridgehead atoms. The fraction of sp³-hybridized carbons (Fsp3) is 0.00855. The van der Waals surface area contributed by atoms with E-state index in [1.807, 2.05) is 142 Å². The van der Waals surface area contributed by atoms with Gasteiger partial charge in [-0.05, 0) is 137 Å². The Morgan fingerprint density at radius 1 is 0.165 bits per heavy atom. The summed E-state index contributed by atoms with van der Waals surface area (Å²) in [4.78, 5) is 56.1. The number of nitrogens with zero attached hydrogens (tertiary/aromatic N) is 16. The van der Waals surface area contributed by atoms with Gasteiger partial charge in [-0.2, -0.15) is 0 Å². The molecule has 624 valence electrons. The van der Waals surface area contributed by atoms with Gasteiger partial charge in [0, 0.05) is 230 Å². The molecular formula is C117H76N16. The van der Waals surface area contributed by atoms with Crippen molar-refractivity contribution in [1.29, 1.82) is 0 Å². The van der Waals surface area contributed by atoms with Crippen LogP contribution in [-0.2, 0) is 0 Å². The molecule has 12 aromatic heterocycles. The van der Waals surface area contributed by atoms with Crippen molar-refractivity contribution in [3.63, 3.8) is 0 Å². The quantitative estimate of drug-likeness (QED) is 0.119. The number of rotatable bonds is 10. The van der Waals surface area contributed by atoms with Crippen LogP contribution in [0, 0.1) is 6.92 Å². The van der Waals surface area contributed by atoms with E-state index in [0.29, 0.717) is 0 Å². The highest BCUT2D eigenvalue weighted by Crippen LogP contribution is 2.45. The number of benzene rings is 15. The molecule has 0 unspecified atom stereocenters. The van der Waals surface area contributed by atoms with Crippen molar-refractivity contribution < 1.29 is 0 Å². The van der Waals surface area contributed by atoms with E-state index in [4.69, 9.17) is 19.9 Å². The molecule has 0 spiro atoms. The van der Waals surface area contributed by atoms with Gasteiger partial charge in [0.1, 0.15) is 23.3 Å². The lowest BCUT2D eigenvalue weighted by atomic mass is 10.0. The Kier molecular flexibility index (Phi) is 19.7. The summed E-state index contributed by atoms with van der Waals surface area (Å²) in [6.45, 7) is 2.11. The molecule has 15 aromatic carbocycles. The summed E-state index contributed by atoms with van der Waals surface area (Å²) < 4.78 is 9.13. The molecule has 0 fully saturated rings. The standard InChI is InChI=1S/2C31H20N4.C29H18N4.C26H18N4/c1-3-8-21(9-4-1)23-12-7-13-24(18-23)35-30-26-15-17-33-20-28(26)27-19-32-16-14-25(27)29(30)34-31(35)22-10-5-2-6-11-22;1-3-7-21(8-4-1)22-11-13-24(14-12-22)35-30-26-16-18-33-20-28(26)27-19-32-17-15-25(27)29(30)34-31(35)23-9-5-2-6-10-23;1-2-7-20(8-3-1)29-32-27-23-12-14-30-17-25(23)26-18-31-15-13-24(26)28(27)33(29)22-11-10-19-6-4-5-9-21(19)16-22;1-17-7-9-19(10-8-17)30-25-21-12-14-28-16-23(21)22-15-27-13-11-20(22)24(25)29-26(30)18-5-3-2-4-6-18/h2*1-20H;1-18H;2-16H,1H3. The Morgan fingerprint density at radius 2 is 0.406 bits per heavy atom. The van der Waals surface area contributed by atoms with Gasteiger partial charge < -0.3 is 0 Å². The second-order valence-corrected chi connectivity index (χ2v) is 32.9. The monoisotopic (exact) mass is 1700 g/mol. The minimum Gasteiger partial charge on any atom is -0.292 e. The molecule has 0 saturated heterocycles. The van der Waals surface area contributed by atoms with Gasteiger partial charge >= 0.3 is 0 Å². The SMILES string of the molecule is Cc1ccc(-n2c(-c3ccccc3)nc3c4ccncc4c4cnccc4c32)cc1.c1ccc(-c2ccc(-n3c(-c4ccccc4)nc4c5ccncc5c5cnccc5c43)cc2)cc1.c1ccc(-c2cccc(-n3c(-c4ccccc4)nc4c5ccncc5c5cnccc5c43)c2)cc1.c1ccc(-c2nc3c4ccncc4c4cnccc4c3n2-c2ccc3ccccc3c2)cc1. The lowest BCUT2D eigenvalue weighted by Gasteiger charge is -2.13. The molecule has 133 heavy (non-hydrogen) atoms. The largest absolute Gasteiger partial charge is 0.292 e. The maximum atomic E-state index is 5.25. The first-order valence-corrected chi connectivity index (χ1v) is 44.1. The van der Waals surface area contributed by atoms with Crippen LogP contribution in [-0.4, -0.2) is 78.1 Å². The highest BCUT2D eigenvalue weighted by molar-refractivity contribution is 6.27. The fourth-order valence-electron chi connectivity index (χ4n) is 19.0. The summed E-state index contributed by atoms with van der Waals surface area (Å²) in [5.74, 6) is 3.67. The number of aryl methyl sites for hydroxylation is 1. The number of aromatic nitrogens is 16. The van der Waals surface area contributed by atoms with Crippen LogP contribution in [0.4, 0.5) is 0 Å². The highest BCUT2D eigenvalue weighted by Gasteiger charge is 2.27. The first-order chi connectivity index (χ1) is 66.0. The van der Waals surface area contributed by atoms with Gasteiger partial charge in [0.25, 0.3) is 0 Å². The Hall–Kier alpha value is -18.3.